The predicted octanol–water partition coefficient (Wildman–Crippen LogP) is 3.39. The lowest BCUT2D eigenvalue weighted by atomic mass is 9.89. The van der Waals surface area contributed by atoms with Crippen molar-refractivity contribution >= 4 is 29.5 Å². The van der Waals surface area contributed by atoms with Crippen molar-refractivity contribution < 1.29 is 48.0 Å². The molecule has 0 aliphatic carbocycles. The van der Waals surface area contributed by atoms with Crippen LogP contribution in [0.4, 0.5) is 4.79 Å². The fraction of sp³-hybridized carbons (Fsp3) is 0.424. The first kappa shape index (κ1) is 34.3. The van der Waals surface area contributed by atoms with Crippen molar-refractivity contribution in [3.05, 3.63) is 83.9 Å². The fourth-order valence-electron chi connectivity index (χ4n) is 4.82. The molecule has 1 saturated heterocycles. The molecule has 4 atom stereocenters. The first-order valence-electron chi connectivity index (χ1n) is 14.5. The highest BCUT2D eigenvalue weighted by atomic mass is 16.6. The van der Waals surface area contributed by atoms with Crippen molar-refractivity contribution in [3.63, 3.8) is 0 Å². The summed E-state index contributed by atoms with van der Waals surface area (Å²) in [5.41, 5.74) is 1.38. The molecule has 1 N–H and O–H groups in total. The summed E-state index contributed by atoms with van der Waals surface area (Å²) in [4.78, 5) is 66.0. The zero-order valence-electron chi connectivity index (χ0n) is 25.0. The number of aliphatic hydroxyl groups is 1. The Morgan fingerprint density at radius 2 is 1.57 bits per heavy atom. The largest absolute Gasteiger partial charge is 0.453 e. The van der Waals surface area contributed by atoms with Crippen molar-refractivity contribution in [1.82, 2.24) is 4.90 Å². The first-order valence-corrected chi connectivity index (χ1v) is 14.5. The number of rotatable bonds is 18. The van der Waals surface area contributed by atoms with Crippen LogP contribution >= 0.6 is 0 Å². The molecule has 2 amide bonds. The summed E-state index contributed by atoms with van der Waals surface area (Å²) in [7, 11) is 0. The maximum atomic E-state index is 14.1. The molecule has 2 aromatic rings. The molecule has 11 heteroatoms. The van der Waals surface area contributed by atoms with Crippen LogP contribution in [0.15, 0.2) is 72.8 Å². The van der Waals surface area contributed by atoms with Crippen LogP contribution in [0.5, 0.6) is 0 Å². The summed E-state index contributed by atoms with van der Waals surface area (Å²) in [6.07, 6.45) is -0.603. The molecule has 0 aromatic heterocycles. The van der Waals surface area contributed by atoms with E-state index in [1.807, 2.05) is 6.07 Å². The lowest BCUT2D eigenvalue weighted by Crippen LogP contribution is -2.48. The van der Waals surface area contributed by atoms with Gasteiger partial charge >= 0.3 is 12.1 Å². The second-order valence-corrected chi connectivity index (χ2v) is 10.2. The van der Waals surface area contributed by atoms with Crippen LogP contribution in [-0.2, 0) is 44.5 Å². The van der Waals surface area contributed by atoms with E-state index in [-0.39, 0.29) is 31.8 Å². The predicted molar refractivity (Wildman–Crippen MR) is 158 cm³/mol. The molecular formula is C33H39NO10. The van der Waals surface area contributed by atoms with E-state index < -0.39 is 47.9 Å². The number of hydrogen-bond donors (Lipinski definition) is 1. The highest BCUT2D eigenvalue weighted by Crippen LogP contribution is 2.34. The molecule has 1 aliphatic heterocycles. The van der Waals surface area contributed by atoms with Crippen molar-refractivity contribution in [2.45, 2.75) is 51.4 Å². The number of ether oxygens (including phenoxy) is 4. The van der Waals surface area contributed by atoms with E-state index in [4.69, 9.17) is 24.1 Å². The molecular weight excluding hydrogens is 570 g/mol. The van der Waals surface area contributed by atoms with Gasteiger partial charge in [-0.15, -0.1) is 0 Å². The Morgan fingerprint density at radius 1 is 0.932 bits per heavy atom. The SMILES string of the molecule is CC(=O)O[C@@H](C(=O)C=CC(=O)CCCOCCOCCO)[C@H](Cc1ccccc1)C(=O)N1C(=O)O[C@@H](c2ccccc2)[C@H]1C. The molecule has 0 spiro atoms. The van der Waals surface area contributed by atoms with Gasteiger partial charge in [-0.2, -0.15) is 0 Å². The number of esters is 1. The van der Waals surface area contributed by atoms with Gasteiger partial charge in [-0.1, -0.05) is 60.7 Å². The average molecular weight is 610 g/mol. The van der Waals surface area contributed by atoms with Gasteiger partial charge in [0.15, 0.2) is 17.7 Å². The highest BCUT2D eigenvalue weighted by molar-refractivity contribution is 6.04. The summed E-state index contributed by atoms with van der Waals surface area (Å²) in [5, 5.41) is 8.68. The topological polar surface area (TPSA) is 146 Å². The molecule has 11 nitrogen and oxygen atoms in total. The van der Waals surface area contributed by atoms with E-state index in [2.05, 4.69) is 0 Å². The molecule has 44 heavy (non-hydrogen) atoms. The van der Waals surface area contributed by atoms with Crippen LogP contribution in [0.25, 0.3) is 0 Å². The van der Waals surface area contributed by atoms with E-state index in [1.54, 1.807) is 61.5 Å². The summed E-state index contributed by atoms with van der Waals surface area (Å²) in [6, 6.07) is 17.1. The zero-order chi connectivity index (χ0) is 31.9. The van der Waals surface area contributed by atoms with Gasteiger partial charge in [0.2, 0.25) is 5.91 Å². The number of nitrogens with zero attached hydrogens (tertiary/aromatic N) is 1. The Kier molecular flexibility index (Phi) is 13.9. The molecule has 1 heterocycles. The Morgan fingerprint density at radius 3 is 2.20 bits per heavy atom. The molecule has 236 valence electrons. The summed E-state index contributed by atoms with van der Waals surface area (Å²) in [6.45, 7) is 3.88. The molecule has 0 bridgehead atoms. The number of allylic oxidation sites excluding steroid dienone is 1. The third kappa shape index (κ3) is 10.2. The minimum Gasteiger partial charge on any atom is -0.453 e. The van der Waals surface area contributed by atoms with Crippen molar-refractivity contribution in [1.29, 1.82) is 0 Å². The van der Waals surface area contributed by atoms with Gasteiger partial charge in [0.1, 0.15) is 6.10 Å². The third-order valence-corrected chi connectivity index (χ3v) is 6.94. The van der Waals surface area contributed by atoms with E-state index in [0.29, 0.717) is 37.4 Å². The van der Waals surface area contributed by atoms with Crippen LogP contribution in [0.2, 0.25) is 0 Å². The second kappa shape index (κ2) is 17.8. The van der Waals surface area contributed by atoms with Gasteiger partial charge in [-0.05, 0) is 43.0 Å². The van der Waals surface area contributed by atoms with Gasteiger partial charge in [0.05, 0.1) is 38.4 Å². The Labute approximate surface area is 256 Å². The lowest BCUT2D eigenvalue weighted by molar-refractivity contribution is -0.158. The van der Waals surface area contributed by atoms with Gasteiger partial charge < -0.3 is 24.1 Å². The number of benzene rings is 2. The smallest absolute Gasteiger partial charge is 0.417 e. The third-order valence-electron chi connectivity index (χ3n) is 6.94. The second-order valence-electron chi connectivity index (χ2n) is 10.2. The number of carbonyl (C=O) groups excluding carboxylic acids is 5. The minimum atomic E-state index is -1.60. The minimum absolute atomic E-state index is 0.0169. The maximum absolute atomic E-state index is 14.1. The average Bonchev–Trinajstić information content (AvgIpc) is 3.32. The highest BCUT2D eigenvalue weighted by Gasteiger charge is 2.48. The van der Waals surface area contributed by atoms with E-state index in [9.17, 15) is 24.0 Å². The number of amides is 2. The van der Waals surface area contributed by atoms with Crippen LogP contribution in [-0.4, -0.2) is 84.7 Å². The lowest BCUT2D eigenvalue weighted by Gasteiger charge is -2.28. The Balaban J connectivity index is 1.76. The van der Waals surface area contributed by atoms with Crippen LogP contribution in [0, 0.1) is 5.92 Å². The Hall–Kier alpha value is -4.19. The van der Waals surface area contributed by atoms with Crippen molar-refractivity contribution in [3.8, 4) is 0 Å². The van der Waals surface area contributed by atoms with E-state index in [1.165, 1.54) is 0 Å². The molecule has 1 aliphatic rings. The fourth-order valence-corrected chi connectivity index (χ4v) is 4.82. The van der Waals surface area contributed by atoms with Crippen LogP contribution in [0.1, 0.15) is 43.9 Å². The number of imide groups is 1. The monoisotopic (exact) mass is 609 g/mol. The normalized spacial score (nSPS) is 17.7. The zero-order valence-corrected chi connectivity index (χ0v) is 25.0. The standard InChI is InChI=1S/C33H39NO10/c1-23-30(26-12-7-4-8-13-26)44-33(40)34(23)32(39)28(22-25-10-5-3-6-11-25)31(43-24(2)36)29(38)16-15-27(37)14-9-18-41-20-21-42-19-17-35/h3-8,10-13,15-16,23,28,30-31,35H,9,14,17-22H2,1-2H3/t23-,28+,30-,31-/m1/s1. The summed E-state index contributed by atoms with van der Waals surface area (Å²) >= 11 is 0. The van der Waals surface area contributed by atoms with Gasteiger partial charge in [0.25, 0.3) is 0 Å². The number of hydrogen-bond acceptors (Lipinski definition) is 10. The van der Waals surface area contributed by atoms with E-state index in [0.717, 1.165) is 24.0 Å². The molecule has 2 aromatic carbocycles. The Bertz CT molecular complexity index is 1280. The number of carbonyl (C=O) groups is 5. The van der Waals surface area contributed by atoms with Gasteiger partial charge in [-0.3, -0.25) is 19.2 Å². The van der Waals surface area contributed by atoms with Crippen molar-refractivity contribution in [2.75, 3.05) is 33.0 Å². The molecule has 0 unspecified atom stereocenters. The molecule has 0 radical (unpaired) electrons. The van der Waals surface area contributed by atoms with E-state index >= 15 is 0 Å². The van der Waals surface area contributed by atoms with Crippen LogP contribution in [0.3, 0.4) is 0 Å². The number of aliphatic hydroxyl groups excluding tert-OH is 1. The summed E-state index contributed by atoms with van der Waals surface area (Å²) in [5.74, 6) is -3.93. The maximum Gasteiger partial charge on any atom is 0.417 e. The van der Waals surface area contributed by atoms with Crippen molar-refractivity contribution in [2.24, 2.45) is 5.92 Å². The van der Waals surface area contributed by atoms with Gasteiger partial charge in [0, 0.05) is 20.0 Å². The molecule has 1 fully saturated rings. The summed E-state index contributed by atoms with van der Waals surface area (Å²) < 4.78 is 21.4. The first-order chi connectivity index (χ1) is 21.2. The number of ketones is 2. The van der Waals surface area contributed by atoms with Crippen LogP contribution < -0.4 is 0 Å². The molecule has 0 saturated carbocycles. The van der Waals surface area contributed by atoms with Gasteiger partial charge in [-0.25, -0.2) is 9.69 Å². The number of cyclic esters (lactones) is 1. The molecule has 3 rings (SSSR count). The quantitative estimate of drug-likeness (QED) is 0.152.